The molecule has 9 nitrogen and oxygen atoms in total. The van der Waals surface area contributed by atoms with Crippen molar-refractivity contribution in [3.05, 3.63) is 50.8 Å². The van der Waals surface area contributed by atoms with Gasteiger partial charge in [-0.15, -0.1) is 11.3 Å². The summed E-state index contributed by atoms with van der Waals surface area (Å²) in [7, 11) is 1.71. The highest BCUT2D eigenvalue weighted by molar-refractivity contribution is 7.13. The summed E-state index contributed by atoms with van der Waals surface area (Å²) in [5, 5.41) is 8.07. The van der Waals surface area contributed by atoms with Gasteiger partial charge in [0.05, 0.1) is 29.0 Å². The van der Waals surface area contributed by atoms with Gasteiger partial charge in [0.2, 0.25) is 5.95 Å². The fourth-order valence-corrected chi connectivity index (χ4v) is 3.87. The minimum atomic E-state index is -4.69. The van der Waals surface area contributed by atoms with E-state index in [2.05, 4.69) is 30.9 Å². The number of hydrogen-bond acceptors (Lipinski definition) is 7. The van der Waals surface area contributed by atoms with Crippen molar-refractivity contribution >= 4 is 46.5 Å². The molecule has 0 aromatic carbocycles. The van der Waals surface area contributed by atoms with Crippen molar-refractivity contribution in [2.75, 3.05) is 17.2 Å². The van der Waals surface area contributed by atoms with Crippen LogP contribution in [0.3, 0.4) is 0 Å². The van der Waals surface area contributed by atoms with E-state index in [1.807, 2.05) is 6.92 Å². The van der Waals surface area contributed by atoms with Gasteiger partial charge in [0.15, 0.2) is 0 Å². The molecule has 0 aliphatic heterocycles. The fraction of sp³-hybridized carbons (Fsp3) is 0.350. The Bertz CT molecular complexity index is 1200. The van der Waals surface area contributed by atoms with E-state index < -0.39 is 28.7 Å². The Morgan fingerprint density at radius 2 is 1.91 bits per heavy atom. The number of alkyl halides is 3. The lowest BCUT2D eigenvalue weighted by molar-refractivity contribution is -0.137. The minimum absolute atomic E-state index is 0.132. The Labute approximate surface area is 201 Å². The SMILES string of the molecule is CCCNc1ncc(C(=O)NC(C)c2ncc(C(=O)Nc3cc(C(F)(F)F)c(Cl)cn3)s2)n1C. The van der Waals surface area contributed by atoms with Crippen molar-refractivity contribution in [3.63, 3.8) is 0 Å². The third-order valence-corrected chi connectivity index (χ3v) is 6.10. The summed E-state index contributed by atoms with van der Waals surface area (Å²) in [5.74, 6) is -0.805. The van der Waals surface area contributed by atoms with Crippen LogP contribution in [0.4, 0.5) is 24.9 Å². The maximum absolute atomic E-state index is 13.0. The maximum atomic E-state index is 13.0. The second-order valence-electron chi connectivity index (χ2n) is 7.21. The Hall–Kier alpha value is -3.19. The van der Waals surface area contributed by atoms with Crippen molar-refractivity contribution in [3.8, 4) is 0 Å². The number of imidazole rings is 1. The standard InChI is InChI=1S/C20H21ClF3N7O2S/c1-4-5-25-19-28-8-13(31(19)3)16(32)29-10(2)18-27-9-14(34-18)17(33)30-15-6-11(20(22,23)24)12(21)7-26-15/h6-10H,4-5H2,1-3H3,(H,25,28)(H,29,32)(H,26,30,33). The van der Waals surface area contributed by atoms with E-state index >= 15 is 0 Å². The molecule has 0 radical (unpaired) electrons. The van der Waals surface area contributed by atoms with Crippen LogP contribution in [0.2, 0.25) is 5.02 Å². The number of hydrogen-bond donors (Lipinski definition) is 3. The third kappa shape index (κ3) is 5.83. The van der Waals surface area contributed by atoms with Crippen LogP contribution in [0.15, 0.2) is 24.7 Å². The lowest BCUT2D eigenvalue weighted by atomic mass is 10.2. The summed E-state index contributed by atoms with van der Waals surface area (Å²) in [6.07, 6.45) is -0.240. The van der Waals surface area contributed by atoms with Crippen LogP contribution < -0.4 is 16.0 Å². The average molecular weight is 516 g/mol. The molecule has 14 heteroatoms. The van der Waals surface area contributed by atoms with Crippen molar-refractivity contribution in [2.24, 2.45) is 7.05 Å². The van der Waals surface area contributed by atoms with Crippen molar-refractivity contribution in [1.29, 1.82) is 0 Å². The molecule has 0 spiro atoms. The molecule has 2 amide bonds. The Kier molecular flexibility index (Phi) is 7.77. The molecule has 3 aromatic heterocycles. The van der Waals surface area contributed by atoms with Gasteiger partial charge in [-0.05, 0) is 19.4 Å². The Morgan fingerprint density at radius 3 is 2.59 bits per heavy atom. The Balaban J connectivity index is 1.66. The molecule has 0 aliphatic carbocycles. The molecule has 182 valence electrons. The van der Waals surface area contributed by atoms with E-state index in [1.165, 1.54) is 12.4 Å². The minimum Gasteiger partial charge on any atom is -0.356 e. The summed E-state index contributed by atoms with van der Waals surface area (Å²) in [6, 6.07) is 0.120. The van der Waals surface area contributed by atoms with Gasteiger partial charge in [-0.3, -0.25) is 9.59 Å². The lowest BCUT2D eigenvalue weighted by Gasteiger charge is -2.12. The van der Waals surface area contributed by atoms with Gasteiger partial charge in [0, 0.05) is 19.8 Å². The van der Waals surface area contributed by atoms with E-state index in [9.17, 15) is 22.8 Å². The second kappa shape index (κ2) is 10.4. The number of carbonyl (C=O) groups excluding carboxylic acids is 2. The van der Waals surface area contributed by atoms with Crippen LogP contribution in [0, 0.1) is 0 Å². The Morgan fingerprint density at radius 1 is 1.18 bits per heavy atom. The average Bonchev–Trinajstić information content (AvgIpc) is 3.40. The topological polar surface area (TPSA) is 114 Å². The quantitative estimate of drug-likeness (QED) is 0.407. The number of aromatic nitrogens is 4. The van der Waals surface area contributed by atoms with Crippen LogP contribution >= 0.6 is 22.9 Å². The number of rotatable bonds is 8. The van der Waals surface area contributed by atoms with Crippen molar-refractivity contribution in [1.82, 2.24) is 24.8 Å². The van der Waals surface area contributed by atoms with E-state index in [4.69, 9.17) is 11.6 Å². The molecule has 0 bridgehead atoms. The highest BCUT2D eigenvalue weighted by Crippen LogP contribution is 2.35. The lowest BCUT2D eigenvalue weighted by Crippen LogP contribution is -2.28. The molecule has 3 heterocycles. The molecule has 1 unspecified atom stereocenters. The summed E-state index contributed by atoms with van der Waals surface area (Å²) in [5.41, 5.74) is -0.765. The first-order valence-corrected chi connectivity index (χ1v) is 11.3. The first-order chi connectivity index (χ1) is 16.0. The number of pyridine rings is 1. The largest absolute Gasteiger partial charge is 0.418 e. The van der Waals surface area contributed by atoms with Crippen LogP contribution in [0.1, 0.15) is 57.0 Å². The summed E-state index contributed by atoms with van der Waals surface area (Å²) in [6.45, 7) is 4.43. The monoisotopic (exact) mass is 515 g/mol. The molecule has 34 heavy (non-hydrogen) atoms. The normalized spacial score (nSPS) is 12.3. The summed E-state index contributed by atoms with van der Waals surface area (Å²) in [4.78, 5) is 37.3. The summed E-state index contributed by atoms with van der Waals surface area (Å²) >= 11 is 6.54. The third-order valence-electron chi connectivity index (χ3n) is 4.62. The van der Waals surface area contributed by atoms with Crippen molar-refractivity contribution in [2.45, 2.75) is 32.5 Å². The fourth-order valence-electron chi connectivity index (χ4n) is 2.85. The molecule has 3 rings (SSSR count). The van der Waals surface area contributed by atoms with Gasteiger partial charge in [0.1, 0.15) is 21.4 Å². The zero-order valence-electron chi connectivity index (χ0n) is 18.3. The van der Waals surface area contributed by atoms with Crippen LogP contribution in [0.25, 0.3) is 0 Å². The number of amides is 2. The zero-order valence-corrected chi connectivity index (χ0v) is 19.9. The number of carbonyl (C=O) groups is 2. The highest BCUT2D eigenvalue weighted by atomic mass is 35.5. The predicted octanol–water partition coefficient (Wildman–Crippen LogP) is 4.51. The van der Waals surface area contributed by atoms with E-state index in [0.29, 0.717) is 22.7 Å². The van der Waals surface area contributed by atoms with Crippen molar-refractivity contribution < 1.29 is 22.8 Å². The zero-order chi connectivity index (χ0) is 25.0. The van der Waals surface area contributed by atoms with Gasteiger partial charge < -0.3 is 20.5 Å². The van der Waals surface area contributed by atoms with Gasteiger partial charge >= 0.3 is 6.18 Å². The number of nitrogens with zero attached hydrogens (tertiary/aromatic N) is 4. The van der Waals surface area contributed by atoms with E-state index in [0.717, 1.165) is 30.5 Å². The number of anilines is 2. The van der Waals surface area contributed by atoms with Gasteiger partial charge in [-0.2, -0.15) is 13.2 Å². The first-order valence-electron chi connectivity index (χ1n) is 10.1. The number of halogens is 4. The smallest absolute Gasteiger partial charge is 0.356 e. The molecule has 0 aliphatic rings. The van der Waals surface area contributed by atoms with Gasteiger partial charge in [-0.25, -0.2) is 15.0 Å². The van der Waals surface area contributed by atoms with Gasteiger partial charge in [0.25, 0.3) is 11.8 Å². The molecular formula is C20H21ClF3N7O2S. The van der Waals surface area contributed by atoms with Crippen LogP contribution in [-0.2, 0) is 13.2 Å². The van der Waals surface area contributed by atoms with Crippen LogP contribution in [0.5, 0.6) is 0 Å². The highest BCUT2D eigenvalue weighted by Gasteiger charge is 2.34. The molecule has 3 aromatic rings. The molecule has 1 atom stereocenters. The first kappa shape index (κ1) is 25.4. The molecule has 3 N–H and O–H groups in total. The predicted molar refractivity (Wildman–Crippen MR) is 122 cm³/mol. The molecule has 0 fully saturated rings. The molecule has 0 saturated carbocycles. The van der Waals surface area contributed by atoms with Gasteiger partial charge in [-0.1, -0.05) is 18.5 Å². The number of nitrogens with one attached hydrogen (secondary N) is 3. The van der Waals surface area contributed by atoms with Crippen LogP contribution in [-0.4, -0.2) is 37.9 Å². The number of thiazole rings is 1. The second-order valence-corrected chi connectivity index (χ2v) is 8.68. The van der Waals surface area contributed by atoms with E-state index in [1.54, 1.807) is 18.5 Å². The molecule has 0 saturated heterocycles. The maximum Gasteiger partial charge on any atom is 0.418 e. The summed E-state index contributed by atoms with van der Waals surface area (Å²) < 4.78 is 40.7. The molecular weight excluding hydrogens is 495 g/mol. The van der Waals surface area contributed by atoms with E-state index in [-0.39, 0.29) is 16.6 Å².